The van der Waals surface area contributed by atoms with E-state index < -0.39 is 15.4 Å². The van der Waals surface area contributed by atoms with Crippen LogP contribution in [0.1, 0.15) is 43.6 Å². The first-order valence-electron chi connectivity index (χ1n) is 9.95. The van der Waals surface area contributed by atoms with Crippen LogP contribution in [0.3, 0.4) is 0 Å². The molecule has 1 amide bonds. The molecule has 3 fully saturated rings. The second-order valence-corrected chi connectivity index (χ2v) is 11.3. The van der Waals surface area contributed by atoms with Crippen molar-refractivity contribution in [1.82, 2.24) is 4.31 Å². The number of rotatable bonds is 4. The second-order valence-electron chi connectivity index (χ2n) is 8.19. The van der Waals surface area contributed by atoms with E-state index in [2.05, 4.69) is 24.3 Å². The topological polar surface area (TPSA) is 57.7 Å². The first kappa shape index (κ1) is 18.3. The van der Waals surface area contributed by atoms with E-state index in [1.54, 1.807) is 21.8 Å². The molecule has 1 aromatic carbocycles. The van der Waals surface area contributed by atoms with Crippen LogP contribution in [-0.4, -0.2) is 38.3 Å². The Morgan fingerprint density at radius 1 is 0.964 bits per heavy atom. The lowest BCUT2D eigenvalue weighted by molar-refractivity contribution is -0.127. The predicted octanol–water partition coefficient (Wildman–Crippen LogP) is 3.83. The predicted molar refractivity (Wildman–Crippen MR) is 110 cm³/mol. The van der Waals surface area contributed by atoms with E-state index in [1.807, 2.05) is 4.90 Å². The van der Waals surface area contributed by atoms with Gasteiger partial charge in [-0.2, -0.15) is 4.31 Å². The van der Waals surface area contributed by atoms with Gasteiger partial charge in [-0.25, -0.2) is 8.42 Å². The minimum atomic E-state index is -3.43. The molecule has 28 heavy (non-hydrogen) atoms. The SMILES string of the molecule is O=C1N(c2ccc(C3CC3)cc2)CCC12CCN(S(=O)(=O)c1cccs1)CC2. The fourth-order valence-electron chi connectivity index (χ4n) is 4.57. The fourth-order valence-corrected chi connectivity index (χ4v) is 7.15. The average Bonchev–Trinajstić information content (AvgIpc) is 3.31. The van der Waals surface area contributed by atoms with E-state index in [4.69, 9.17) is 0 Å². The summed E-state index contributed by atoms with van der Waals surface area (Å²) in [5.41, 5.74) is 1.94. The van der Waals surface area contributed by atoms with E-state index >= 15 is 0 Å². The van der Waals surface area contributed by atoms with E-state index in [9.17, 15) is 13.2 Å². The number of carbonyl (C=O) groups excluding carboxylic acids is 1. The van der Waals surface area contributed by atoms with Gasteiger partial charge in [-0.1, -0.05) is 18.2 Å². The third-order valence-corrected chi connectivity index (χ3v) is 9.81. The van der Waals surface area contributed by atoms with Crippen LogP contribution >= 0.6 is 11.3 Å². The van der Waals surface area contributed by atoms with Crippen molar-refractivity contribution in [3.8, 4) is 0 Å². The highest BCUT2D eigenvalue weighted by Gasteiger charge is 2.50. The summed E-state index contributed by atoms with van der Waals surface area (Å²) in [5.74, 6) is 0.879. The molecule has 1 aliphatic carbocycles. The number of nitrogens with zero attached hydrogens (tertiary/aromatic N) is 2. The van der Waals surface area contributed by atoms with E-state index in [1.165, 1.54) is 29.7 Å². The molecule has 0 bridgehead atoms. The zero-order chi connectivity index (χ0) is 19.4. The average molecular weight is 417 g/mol. The Kier molecular flexibility index (Phi) is 4.37. The summed E-state index contributed by atoms with van der Waals surface area (Å²) >= 11 is 1.25. The monoisotopic (exact) mass is 416 g/mol. The number of carbonyl (C=O) groups is 1. The number of thiophene rings is 1. The molecule has 0 radical (unpaired) electrons. The molecule has 2 saturated heterocycles. The molecule has 1 aromatic heterocycles. The number of piperidine rings is 1. The summed E-state index contributed by atoms with van der Waals surface area (Å²) < 4.78 is 27.4. The van der Waals surface area contributed by atoms with Gasteiger partial charge in [0.25, 0.3) is 10.0 Å². The summed E-state index contributed by atoms with van der Waals surface area (Å²) in [4.78, 5) is 15.2. The third-order valence-electron chi connectivity index (χ3n) is 6.54. The molecule has 1 spiro atoms. The van der Waals surface area contributed by atoms with Crippen molar-refractivity contribution in [3.63, 3.8) is 0 Å². The van der Waals surface area contributed by atoms with Gasteiger partial charge in [-0.15, -0.1) is 11.3 Å². The largest absolute Gasteiger partial charge is 0.312 e. The molecule has 148 valence electrons. The summed E-state index contributed by atoms with van der Waals surface area (Å²) in [7, 11) is -3.43. The molecule has 0 atom stereocenters. The van der Waals surface area contributed by atoms with Gasteiger partial charge < -0.3 is 4.90 Å². The van der Waals surface area contributed by atoms with Crippen molar-refractivity contribution in [1.29, 1.82) is 0 Å². The van der Waals surface area contributed by atoms with Crippen molar-refractivity contribution >= 4 is 33.0 Å². The number of hydrogen-bond acceptors (Lipinski definition) is 4. The van der Waals surface area contributed by atoms with Crippen LogP contribution in [0.2, 0.25) is 0 Å². The molecular formula is C21H24N2O3S2. The van der Waals surface area contributed by atoms with Crippen LogP contribution in [0, 0.1) is 5.41 Å². The summed E-state index contributed by atoms with van der Waals surface area (Å²) in [6, 6.07) is 11.9. The molecule has 5 nitrogen and oxygen atoms in total. The minimum absolute atomic E-state index is 0.167. The standard InChI is InChI=1S/C21H24N2O3S2/c24-20-21(9-12-22(13-10-21)28(25,26)19-2-1-15-27-19)11-14-23(20)18-7-5-17(6-8-18)16-3-4-16/h1-2,5-8,15-16H,3-4,9-14H2. The molecule has 2 aliphatic heterocycles. The molecule has 5 rings (SSSR count). The van der Waals surface area contributed by atoms with Gasteiger partial charge in [-0.05, 0) is 67.2 Å². The van der Waals surface area contributed by atoms with E-state index in [0.29, 0.717) is 36.1 Å². The Morgan fingerprint density at radius 3 is 2.25 bits per heavy atom. The smallest absolute Gasteiger partial charge is 0.252 e. The highest BCUT2D eigenvalue weighted by molar-refractivity contribution is 7.91. The first-order chi connectivity index (χ1) is 13.5. The molecule has 3 aliphatic rings. The van der Waals surface area contributed by atoms with Crippen molar-refractivity contribution in [2.24, 2.45) is 5.41 Å². The quantitative estimate of drug-likeness (QED) is 0.761. The zero-order valence-electron chi connectivity index (χ0n) is 15.7. The van der Waals surface area contributed by atoms with Crippen LogP contribution in [0.15, 0.2) is 46.0 Å². The molecule has 3 heterocycles. The lowest BCUT2D eigenvalue weighted by Gasteiger charge is -2.37. The van der Waals surface area contributed by atoms with Gasteiger partial charge in [0.15, 0.2) is 0 Å². The van der Waals surface area contributed by atoms with Gasteiger partial charge in [0.2, 0.25) is 5.91 Å². The number of sulfonamides is 1. The van der Waals surface area contributed by atoms with Crippen LogP contribution in [-0.2, 0) is 14.8 Å². The normalized spacial score (nSPS) is 22.9. The van der Waals surface area contributed by atoms with Crippen molar-refractivity contribution in [2.45, 2.75) is 42.2 Å². The Morgan fingerprint density at radius 2 is 1.64 bits per heavy atom. The lowest BCUT2D eigenvalue weighted by Crippen LogP contribution is -2.46. The van der Waals surface area contributed by atoms with E-state index in [0.717, 1.165) is 18.7 Å². The van der Waals surface area contributed by atoms with Crippen molar-refractivity contribution in [2.75, 3.05) is 24.5 Å². The van der Waals surface area contributed by atoms with Gasteiger partial charge in [-0.3, -0.25) is 4.79 Å². The highest BCUT2D eigenvalue weighted by atomic mass is 32.2. The van der Waals surface area contributed by atoms with Crippen molar-refractivity contribution in [3.05, 3.63) is 47.3 Å². The molecule has 2 aromatic rings. The number of anilines is 1. The van der Waals surface area contributed by atoms with Crippen LogP contribution < -0.4 is 4.90 Å². The van der Waals surface area contributed by atoms with Gasteiger partial charge >= 0.3 is 0 Å². The lowest BCUT2D eigenvalue weighted by atomic mass is 9.77. The summed E-state index contributed by atoms with van der Waals surface area (Å²) in [6.45, 7) is 1.56. The second kappa shape index (κ2) is 6.68. The van der Waals surface area contributed by atoms with E-state index in [-0.39, 0.29) is 5.91 Å². The van der Waals surface area contributed by atoms with Crippen molar-refractivity contribution < 1.29 is 13.2 Å². The molecule has 1 saturated carbocycles. The highest BCUT2D eigenvalue weighted by Crippen LogP contribution is 2.45. The molecule has 7 heteroatoms. The minimum Gasteiger partial charge on any atom is -0.312 e. The molecule has 0 unspecified atom stereocenters. The maximum absolute atomic E-state index is 13.3. The molecule has 0 N–H and O–H groups in total. The fraction of sp³-hybridized carbons (Fsp3) is 0.476. The summed E-state index contributed by atoms with van der Waals surface area (Å²) in [6.07, 6.45) is 4.56. The maximum Gasteiger partial charge on any atom is 0.252 e. The van der Waals surface area contributed by atoms with Gasteiger partial charge in [0.05, 0.1) is 5.41 Å². The Labute approximate surface area is 170 Å². The Hall–Kier alpha value is -1.70. The van der Waals surface area contributed by atoms with Gasteiger partial charge in [0.1, 0.15) is 4.21 Å². The number of amides is 1. The van der Waals surface area contributed by atoms with Gasteiger partial charge in [0, 0.05) is 25.3 Å². The Balaban J connectivity index is 1.29. The van der Waals surface area contributed by atoms with Crippen LogP contribution in [0.4, 0.5) is 5.69 Å². The summed E-state index contributed by atoms with van der Waals surface area (Å²) in [5, 5.41) is 1.78. The number of benzene rings is 1. The van der Waals surface area contributed by atoms with Crippen LogP contribution in [0.5, 0.6) is 0 Å². The third kappa shape index (κ3) is 3.00. The number of hydrogen-bond donors (Lipinski definition) is 0. The molecular weight excluding hydrogens is 392 g/mol. The van der Waals surface area contributed by atoms with Crippen LogP contribution in [0.25, 0.3) is 0 Å². The maximum atomic E-state index is 13.3. The zero-order valence-corrected chi connectivity index (χ0v) is 17.3. The first-order valence-corrected chi connectivity index (χ1v) is 12.3. The Bertz CT molecular complexity index is 971.